The Morgan fingerprint density at radius 1 is 0.387 bits per heavy atom. The number of hydrogen-bond donors (Lipinski definition) is 1. The Hall–Kier alpha value is -3.18. The van der Waals surface area contributed by atoms with Crippen LogP contribution in [0.1, 0.15) is 232 Å². The third-order valence-electron chi connectivity index (χ3n) is 10.9. The summed E-state index contributed by atoms with van der Waals surface area (Å²) < 4.78 is 10.6. The number of hydrogen-bond acceptors (Lipinski definition) is 5. The fraction of sp³-hybridized carbons (Fsp3) is 0.684. The van der Waals surface area contributed by atoms with Gasteiger partial charge in [0, 0.05) is 12.8 Å². The molecule has 0 saturated carbocycles. The molecule has 0 aromatic rings. The van der Waals surface area contributed by atoms with E-state index in [-0.39, 0.29) is 25.2 Å². The molecule has 1 atom stereocenters. The molecule has 1 unspecified atom stereocenters. The van der Waals surface area contributed by atoms with Crippen molar-refractivity contribution in [2.24, 2.45) is 0 Å². The number of unbranched alkanes of at least 4 members (excludes halogenated alkanes) is 22. The van der Waals surface area contributed by atoms with Crippen LogP contribution in [0.15, 0.2) is 97.2 Å². The van der Waals surface area contributed by atoms with Gasteiger partial charge >= 0.3 is 11.9 Å². The second-order valence-corrected chi connectivity index (χ2v) is 16.9. The first-order chi connectivity index (χ1) is 30.6. The zero-order valence-corrected chi connectivity index (χ0v) is 40.4. The largest absolute Gasteiger partial charge is 0.462 e. The number of carbonyl (C=O) groups is 2. The molecule has 0 aliphatic heterocycles. The van der Waals surface area contributed by atoms with Crippen molar-refractivity contribution in [1.29, 1.82) is 0 Å². The monoisotopic (exact) mass is 861 g/mol. The highest BCUT2D eigenvalue weighted by Gasteiger charge is 2.16. The quantitative estimate of drug-likeness (QED) is 0.0375. The lowest BCUT2D eigenvalue weighted by Gasteiger charge is -2.15. The summed E-state index contributed by atoms with van der Waals surface area (Å²) in [7, 11) is 0. The zero-order chi connectivity index (χ0) is 44.9. The predicted molar refractivity (Wildman–Crippen MR) is 269 cm³/mol. The van der Waals surface area contributed by atoms with Gasteiger partial charge < -0.3 is 14.6 Å². The van der Waals surface area contributed by atoms with E-state index in [0.29, 0.717) is 12.8 Å². The molecular weight excluding hydrogens is 765 g/mol. The Balaban J connectivity index is 3.53. The number of esters is 2. The normalized spacial score (nSPS) is 13.0. The van der Waals surface area contributed by atoms with Gasteiger partial charge in [-0.3, -0.25) is 9.59 Å². The van der Waals surface area contributed by atoms with E-state index in [1.165, 1.54) is 116 Å². The molecule has 0 saturated heterocycles. The lowest BCUT2D eigenvalue weighted by atomic mass is 10.0. The fourth-order valence-electron chi connectivity index (χ4n) is 7.00. The standard InChI is InChI=1S/C57H96O5/c1-3-5-7-9-11-13-15-17-18-19-20-21-22-23-24-25-26-27-28-29-30-31-32-33-34-35-36-37-38-40-42-44-46-48-50-52-57(60)62-55(53-58)54-61-56(59)51-49-47-45-43-41-39-16-14-12-10-8-6-4-2/h5,7,11,13-14,16-18,20-21,23-24,26-27,29-30,55,58H,3-4,6,8-10,12,15,19,22,25,28,31-54H2,1-2H3/b7-5-,13-11-,16-14-,18-17-,21-20-,24-23-,27-26-,30-29-. The van der Waals surface area contributed by atoms with Crippen LogP contribution in [0.3, 0.4) is 0 Å². The number of allylic oxidation sites excluding steroid dienone is 16. The molecule has 0 fully saturated rings. The smallest absolute Gasteiger partial charge is 0.306 e. The van der Waals surface area contributed by atoms with Crippen molar-refractivity contribution >= 4 is 11.9 Å². The van der Waals surface area contributed by atoms with Crippen LogP contribution >= 0.6 is 0 Å². The number of aliphatic hydroxyl groups is 1. The van der Waals surface area contributed by atoms with Gasteiger partial charge in [0.1, 0.15) is 6.61 Å². The summed E-state index contributed by atoms with van der Waals surface area (Å²) in [6, 6.07) is 0. The van der Waals surface area contributed by atoms with E-state index in [1.54, 1.807) is 0 Å². The minimum atomic E-state index is -0.779. The van der Waals surface area contributed by atoms with Crippen LogP contribution in [0.4, 0.5) is 0 Å². The molecule has 0 spiro atoms. The first kappa shape index (κ1) is 58.8. The van der Waals surface area contributed by atoms with E-state index in [9.17, 15) is 14.7 Å². The highest BCUT2D eigenvalue weighted by molar-refractivity contribution is 5.70. The molecule has 0 aliphatic carbocycles. The topological polar surface area (TPSA) is 72.8 Å². The molecule has 5 heteroatoms. The summed E-state index contributed by atoms with van der Waals surface area (Å²) >= 11 is 0. The Kier molecular flexibility index (Phi) is 49.5. The minimum absolute atomic E-state index is 0.0731. The van der Waals surface area contributed by atoms with Crippen molar-refractivity contribution in [1.82, 2.24) is 0 Å². The van der Waals surface area contributed by atoms with Crippen molar-refractivity contribution in [3.8, 4) is 0 Å². The molecule has 0 radical (unpaired) electrons. The van der Waals surface area contributed by atoms with E-state index in [2.05, 4.69) is 111 Å². The van der Waals surface area contributed by atoms with Crippen LogP contribution in [0, 0.1) is 0 Å². The number of aliphatic hydroxyl groups excluding tert-OH is 1. The van der Waals surface area contributed by atoms with Gasteiger partial charge in [0.2, 0.25) is 0 Å². The average molecular weight is 861 g/mol. The first-order valence-corrected chi connectivity index (χ1v) is 25.8. The summed E-state index contributed by atoms with van der Waals surface area (Å²) in [4.78, 5) is 24.4. The first-order valence-electron chi connectivity index (χ1n) is 25.8. The summed E-state index contributed by atoms with van der Waals surface area (Å²) in [5, 5.41) is 9.60. The maximum atomic E-state index is 12.3. The minimum Gasteiger partial charge on any atom is -0.462 e. The summed E-state index contributed by atoms with van der Waals surface area (Å²) in [5.74, 6) is -0.603. The van der Waals surface area contributed by atoms with Crippen LogP contribution < -0.4 is 0 Å². The van der Waals surface area contributed by atoms with E-state index in [4.69, 9.17) is 9.47 Å². The highest BCUT2D eigenvalue weighted by Crippen LogP contribution is 2.15. The second kappa shape index (κ2) is 52.2. The van der Waals surface area contributed by atoms with Gasteiger partial charge in [0.25, 0.3) is 0 Å². The highest BCUT2D eigenvalue weighted by atomic mass is 16.6. The van der Waals surface area contributed by atoms with Gasteiger partial charge in [0.05, 0.1) is 6.61 Å². The summed E-state index contributed by atoms with van der Waals surface area (Å²) in [6.45, 7) is 4.00. The Morgan fingerprint density at radius 2 is 0.694 bits per heavy atom. The number of rotatable bonds is 46. The SMILES string of the molecule is CC/C=C\C/C=C\C/C=C\C/C=C\C/C=C\C/C=C\C/C=C\CCCCCCCCCCCCCCCC(=O)OC(CO)COC(=O)CCCCCCC/C=C\CCCCCC. The maximum Gasteiger partial charge on any atom is 0.306 e. The van der Waals surface area contributed by atoms with Gasteiger partial charge in [-0.1, -0.05) is 220 Å². The third kappa shape index (κ3) is 49.5. The molecule has 0 amide bonds. The van der Waals surface area contributed by atoms with E-state index in [0.717, 1.165) is 89.9 Å². The van der Waals surface area contributed by atoms with Gasteiger partial charge in [-0.05, 0) is 96.3 Å². The second-order valence-electron chi connectivity index (χ2n) is 16.9. The van der Waals surface area contributed by atoms with Crippen LogP contribution in [0.5, 0.6) is 0 Å². The van der Waals surface area contributed by atoms with Gasteiger partial charge in [-0.15, -0.1) is 0 Å². The molecule has 1 N–H and O–H groups in total. The van der Waals surface area contributed by atoms with Crippen molar-refractivity contribution < 1.29 is 24.2 Å². The van der Waals surface area contributed by atoms with Crippen molar-refractivity contribution in [2.45, 2.75) is 238 Å². The molecule has 0 aromatic heterocycles. The Bertz CT molecular complexity index is 1200. The lowest BCUT2D eigenvalue weighted by Crippen LogP contribution is -2.28. The van der Waals surface area contributed by atoms with E-state index < -0.39 is 6.10 Å². The predicted octanol–water partition coefficient (Wildman–Crippen LogP) is 17.2. The molecule has 354 valence electrons. The van der Waals surface area contributed by atoms with Gasteiger partial charge in [0.15, 0.2) is 6.10 Å². The molecule has 5 nitrogen and oxygen atoms in total. The third-order valence-corrected chi connectivity index (χ3v) is 10.9. The average Bonchev–Trinajstić information content (AvgIpc) is 3.28. The van der Waals surface area contributed by atoms with Crippen LogP contribution in [0.2, 0.25) is 0 Å². The Morgan fingerprint density at radius 3 is 1.06 bits per heavy atom. The molecular formula is C57H96O5. The molecule has 0 rings (SSSR count). The van der Waals surface area contributed by atoms with Crippen LogP contribution in [-0.2, 0) is 19.1 Å². The van der Waals surface area contributed by atoms with E-state index in [1.807, 2.05) is 0 Å². The zero-order valence-electron chi connectivity index (χ0n) is 40.4. The summed E-state index contributed by atoms with van der Waals surface area (Å²) in [6.07, 6.45) is 73.6. The van der Waals surface area contributed by atoms with E-state index >= 15 is 0 Å². The van der Waals surface area contributed by atoms with Gasteiger partial charge in [-0.2, -0.15) is 0 Å². The summed E-state index contributed by atoms with van der Waals surface area (Å²) in [5.41, 5.74) is 0. The molecule has 0 aromatic carbocycles. The molecule has 0 bridgehead atoms. The molecule has 62 heavy (non-hydrogen) atoms. The maximum absolute atomic E-state index is 12.3. The Labute approximate surface area is 383 Å². The van der Waals surface area contributed by atoms with Crippen molar-refractivity contribution in [3.05, 3.63) is 97.2 Å². The van der Waals surface area contributed by atoms with Gasteiger partial charge in [-0.25, -0.2) is 0 Å². The van der Waals surface area contributed by atoms with Crippen LogP contribution in [-0.4, -0.2) is 36.4 Å². The van der Waals surface area contributed by atoms with Crippen molar-refractivity contribution in [2.75, 3.05) is 13.2 Å². The fourth-order valence-corrected chi connectivity index (χ4v) is 7.00. The van der Waals surface area contributed by atoms with Crippen molar-refractivity contribution in [3.63, 3.8) is 0 Å². The van der Waals surface area contributed by atoms with Crippen LogP contribution in [0.25, 0.3) is 0 Å². The number of ether oxygens (including phenoxy) is 2. The molecule has 0 heterocycles. The lowest BCUT2D eigenvalue weighted by molar-refractivity contribution is -0.161. The number of carbonyl (C=O) groups excluding carboxylic acids is 2. The molecule has 0 aliphatic rings.